The second-order valence-electron chi connectivity index (χ2n) is 3.29. The predicted octanol–water partition coefficient (Wildman–Crippen LogP) is 1.04. The number of hydrogen-bond acceptors (Lipinski definition) is 2. The first-order valence-electron chi connectivity index (χ1n) is 4.19. The summed E-state index contributed by atoms with van der Waals surface area (Å²) in [4.78, 5) is 0. The van der Waals surface area contributed by atoms with Gasteiger partial charge in [0, 0.05) is 12.6 Å². The van der Waals surface area contributed by atoms with E-state index in [0.29, 0.717) is 6.54 Å². The van der Waals surface area contributed by atoms with E-state index in [2.05, 4.69) is 5.32 Å². The molecule has 76 valence electrons. The van der Waals surface area contributed by atoms with Crippen LogP contribution in [0.4, 0.5) is 13.2 Å². The second kappa shape index (κ2) is 4.11. The fraction of sp³-hybridized carbons (Fsp3) is 0.750. The summed E-state index contributed by atoms with van der Waals surface area (Å²) < 4.78 is 35.1. The van der Waals surface area contributed by atoms with Crippen LogP contribution in [0.15, 0.2) is 12.2 Å². The Morgan fingerprint density at radius 2 is 2.08 bits per heavy atom. The third-order valence-electron chi connectivity index (χ3n) is 1.94. The highest BCUT2D eigenvalue weighted by Crippen LogP contribution is 2.16. The summed E-state index contributed by atoms with van der Waals surface area (Å²) in [6, 6.07) is 0.0117. The summed E-state index contributed by atoms with van der Waals surface area (Å²) in [5, 5.41) is 2.36. The maximum absolute atomic E-state index is 11.7. The van der Waals surface area contributed by atoms with Gasteiger partial charge in [0.1, 0.15) is 0 Å². The van der Waals surface area contributed by atoms with Gasteiger partial charge in [0.15, 0.2) is 0 Å². The molecular formula is C8H13F3N2. The lowest BCUT2D eigenvalue weighted by Crippen LogP contribution is -2.32. The highest BCUT2D eigenvalue weighted by molar-refractivity contribution is 5.05. The number of nitrogens with two attached hydrogens (primary N) is 1. The van der Waals surface area contributed by atoms with E-state index in [1.165, 1.54) is 0 Å². The molecule has 0 radical (unpaired) electrons. The van der Waals surface area contributed by atoms with E-state index in [0.717, 1.165) is 6.42 Å². The molecule has 0 amide bonds. The van der Waals surface area contributed by atoms with E-state index in [1.54, 1.807) is 0 Å². The number of nitrogens with one attached hydrogen (secondary N) is 1. The molecule has 13 heavy (non-hydrogen) atoms. The van der Waals surface area contributed by atoms with Crippen LogP contribution in [0.25, 0.3) is 0 Å². The number of alkyl halides is 3. The Bertz CT molecular complexity index is 188. The van der Waals surface area contributed by atoms with E-state index >= 15 is 0 Å². The molecule has 2 atom stereocenters. The van der Waals surface area contributed by atoms with Gasteiger partial charge in [0.2, 0.25) is 0 Å². The lowest BCUT2D eigenvalue weighted by Gasteiger charge is -2.12. The molecule has 0 saturated carbocycles. The molecule has 0 spiro atoms. The lowest BCUT2D eigenvalue weighted by molar-refractivity contribution is -0.124. The minimum Gasteiger partial charge on any atom is -0.324 e. The quantitative estimate of drug-likeness (QED) is 0.659. The summed E-state index contributed by atoms with van der Waals surface area (Å²) in [5.74, 6) is 0.150. The second-order valence-corrected chi connectivity index (χ2v) is 3.29. The molecule has 0 heterocycles. The third kappa shape index (κ3) is 4.28. The van der Waals surface area contributed by atoms with Gasteiger partial charge in [-0.25, -0.2) is 0 Å². The minimum atomic E-state index is -4.12. The first kappa shape index (κ1) is 10.5. The number of rotatable bonds is 3. The van der Waals surface area contributed by atoms with Gasteiger partial charge in [-0.2, -0.15) is 13.2 Å². The molecule has 0 aromatic heterocycles. The van der Waals surface area contributed by atoms with Crippen molar-refractivity contribution < 1.29 is 13.2 Å². The largest absolute Gasteiger partial charge is 0.401 e. The van der Waals surface area contributed by atoms with Crippen LogP contribution in [0.3, 0.4) is 0 Å². The average molecular weight is 194 g/mol. The molecule has 0 aromatic rings. The van der Waals surface area contributed by atoms with Crippen molar-refractivity contribution in [1.29, 1.82) is 0 Å². The smallest absolute Gasteiger partial charge is 0.324 e. The standard InChI is InChI=1S/C8H13F3N2/c9-8(10,11)5-13-4-6-1-2-7(12)3-6/h1-2,6-7,13H,3-5,12H2. The SMILES string of the molecule is NC1C=CC(CNCC(F)(F)F)C1. The van der Waals surface area contributed by atoms with Crippen molar-refractivity contribution in [2.45, 2.75) is 18.6 Å². The van der Waals surface area contributed by atoms with Crippen LogP contribution in [0.1, 0.15) is 6.42 Å². The minimum absolute atomic E-state index is 0.0117. The number of hydrogen-bond donors (Lipinski definition) is 2. The zero-order valence-electron chi connectivity index (χ0n) is 7.14. The molecule has 0 aliphatic heterocycles. The van der Waals surface area contributed by atoms with Crippen LogP contribution < -0.4 is 11.1 Å². The van der Waals surface area contributed by atoms with Crippen LogP contribution in [-0.2, 0) is 0 Å². The Kier molecular flexibility index (Phi) is 3.33. The fourth-order valence-electron chi connectivity index (χ4n) is 1.36. The first-order valence-corrected chi connectivity index (χ1v) is 4.19. The predicted molar refractivity (Wildman–Crippen MR) is 44.1 cm³/mol. The van der Waals surface area contributed by atoms with Gasteiger partial charge >= 0.3 is 6.18 Å². The van der Waals surface area contributed by atoms with Crippen molar-refractivity contribution in [2.75, 3.05) is 13.1 Å². The van der Waals surface area contributed by atoms with Gasteiger partial charge in [-0.3, -0.25) is 0 Å². The summed E-state index contributed by atoms with van der Waals surface area (Å²) >= 11 is 0. The maximum atomic E-state index is 11.7. The summed E-state index contributed by atoms with van der Waals surface area (Å²) in [6.45, 7) is -0.573. The molecule has 2 nitrogen and oxygen atoms in total. The Morgan fingerprint density at radius 1 is 1.38 bits per heavy atom. The van der Waals surface area contributed by atoms with Gasteiger partial charge in [-0.1, -0.05) is 12.2 Å². The van der Waals surface area contributed by atoms with Crippen molar-refractivity contribution in [1.82, 2.24) is 5.32 Å². The van der Waals surface area contributed by atoms with Crippen molar-refractivity contribution in [2.24, 2.45) is 11.7 Å². The fourth-order valence-corrected chi connectivity index (χ4v) is 1.36. The van der Waals surface area contributed by atoms with Crippen molar-refractivity contribution in [3.05, 3.63) is 12.2 Å². The van der Waals surface area contributed by atoms with Crippen LogP contribution in [0, 0.1) is 5.92 Å². The van der Waals surface area contributed by atoms with Crippen LogP contribution in [0.5, 0.6) is 0 Å². The first-order chi connectivity index (χ1) is 5.97. The molecule has 1 aliphatic carbocycles. The average Bonchev–Trinajstić information content (AvgIpc) is 2.33. The monoisotopic (exact) mass is 194 g/mol. The maximum Gasteiger partial charge on any atom is 0.401 e. The van der Waals surface area contributed by atoms with Crippen LogP contribution in [0.2, 0.25) is 0 Å². The summed E-state index contributed by atoms with van der Waals surface area (Å²) in [7, 11) is 0. The summed E-state index contributed by atoms with van der Waals surface area (Å²) in [6.07, 6.45) is 0.323. The van der Waals surface area contributed by atoms with E-state index in [1.807, 2.05) is 12.2 Å². The molecule has 0 aromatic carbocycles. The van der Waals surface area contributed by atoms with Crippen molar-refractivity contribution in [3.8, 4) is 0 Å². The highest BCUT2D eigenvalue weighted by Gasteiger charge is 2.27. The zero-order chi connectivity index (χ0) is 9.90. The van der Waals surface area contributed by atoms with Crippen LogP contribution >= 0.6 is 0 Å². The lowest BCUT2D eigenvalue weighted by atomic mass is 10.1. The Morgan fingerprint density at radius 3 is 2.54 bits per heavy atom. The molecule has 1 rings (SSSR count). The Hall–Kier alpha value is -0.550. The van der Waals surface area contributed by atoms with E-state index in [-0.39, 0.29) is 12.0 Å². The highest BCUT2D eigenvalue weighted by atomic mass is 19.4. The molecule has 3 N–H and O–H groups in total. The molecule has 0 bridgehead atoms. The molecule has 1 aliphatic rings. The molecule has 0 saturated heterocycles. The van der Waals surface area contributed by atoms with Gasteiger partial charge < -0.3 is 11.1 Å². The number of halogens is 3. The molecular weight excluding hydrogens is 181 g/mol. The van der Waals surface area contributed by atoms with E-state index in [4.69, 9.17) is 5.73 Å². The Balaban J connectivity index is 2.11. The third-order valence-corrected chi connectivity index (χ3v) is 1.94. The molecule has 0 fully saturated rings. The van der Waals surface area contributed by atoms with E-state index in [9.17, 15) is 13.2 Å². The molecule has 5 heteroatoms. The van der Waals surface area contributed by atoms with Crippen molar-refractivity contribution in [3.63, 3.8) is 0 Å². The van der Waals surface area contributed by atoms with Gasteiger partial charge in [-0.05, 0) is 12.3 Å². The topological polar surface area (TPSA) is 38.0 Å². The van der Waals surface area contributed by atoms with E-state index < -0.39 is 12.7 Å². The Labute approximate surface area is 75.0 Å². The zero-order valence-corrected chi connectivity index (χ0v) is 7.14. The molecule has 2 unspecified atom stereocenters. The summed E-state index contributed by atoms with van der Waals surface area (Å²) in [5.41, 5.74) is 5.55. The van der Waals surface area contributed by atoms with Crippen LogP contribution in [-0.4, -0.2) is 25.3 Å². The van der Waals surface area contributed by atoms with Gasteiger partial charge in [0.25, 0.3) is 0 Å². The van der Waals surface area contributed by atoms with Gasteiger partial charge in [-0.15, -0.1) is 0 Å². The van der Waals surface area contributed by atoms with Gasteiger partial charge in [0.05, 0.1) is 6.54 Å². The normalized spacial score (nSPS) is 28.3. The van der Waals surface area contributed by atoms with Crippen molar-refractivity contribution >= 4 is 0 Å².